The van der Waals surface area contributed by atoms with E-state index in [1.165, 1.54) is 5.56 Å². The predicted molar refractivity (Wildman–Crippen MR) is 128 cm³/mol. The largest absolute Gasteiger partial charge is 0.491 e. The van der Waals surface area contributed by atoms with Crippen LogP contribution in [0.5, 0.6) is 5.75 Å². The Morgan fingerprint density at radius 1 is 1.00 bits per heavy atom. The lowest BCUT2D eigenvalue weighted by atomic mass is 10.1. The van der Waals surface area contributed by atoms with Crippen molar-refractivity contribution in [3.8, 4) is 5.75 Å². The third-order valence-electron chi connectivity index (χ3n) is 5.54. The van der Waals surface area contributed by atoms with Crippen LogP contribution < -0.4 is 10.1 Å². The van der Waals surface area contributed by atoms with E-state index in [1.54, 1.807) is 0 Å². The first-order valence-corrected chi connectivity index (χ1v) is 11.1. The third kappa shape index (κ3) is 5.17. The fourth-order valence-corrected chi connectivity index (χ4v) is 3.91. The summed E-state index contributed by atoms with van der Waals surface area (Å²) in [5.74, 6) is 1.90. The second-order valence-electron chi connectivity index (χ2n) is 8.01. The summed E-state index contributed by atoms with van der Waals surface area (Å²) in [6.45, 7) is 6.06. The fourth-order valence-electron chi connectivity index (χ4n) is 3.91. The highest BCUT2D eigenvalue weighted by Gasteiger charge is 2.11. The number of carbonyl (C=O) groups excluding carboxylic acids is 1. The van der Waals surface area contributed by atoms with Gasteiger partial charge in [0.05, 0.1) is 17.6 Å². The van der Waals surface area contributed by atoms with E-state index in [1.807, 2.05) is 54.6 Å². The number of carbonyl (C=O) groups is 1. The molecule has 0 saturated carbocycles. The summed E-state index contributed by atoms with van der Waals surface area (Å²) in [6.07, 6.45) is 1.60. The van der Waals surface area contributed by atoms with Gasteiger partial charge in [-0.3, -0.25) is 4.79 Å². The molecular weight excluding hydrogens is 398 g/mol. The molecule has 1 N–H and O–H groups in total. The summed E-state index contributed by atoms with van der Waals surface area (Å²) in [5, 5.41) is 3.00. The van der Waals surface area contributed by atoms with Gasteiger partial charge in [-0.15, -0.1) is 0 Å². The predicted octanol–water partition coefficient (Wildman–Crippen LogP) is 5.09. The molecule has 0 unspecified atom stereocenters. The average Bonchev–Trinajstić information content (AvgIpc) is 3.16. The van der Waals surface area contributed by atoms with Gasteiger partial charge in [-0.1, -0.05) is 48.0 Å². The van der Waals surface area contributed by atoms with Gasteiger partial charge >= 0.3 is 0 Å². The number of hydrogen-bond donors (Lipinski definition) is 1. The Kier molecular flexibility index (Phi) is 6.85. The van der Waals surface area contributed by atoms with Gasteiger partial charge in [0.25, 0.3) is 5.91 Å². The normalized spacial score (nSPS) is 10.9. The van der Waals surface area contributed by atoms with Crippen molar-refractivity contribution in [2.24, 2.45) is 0 Å². The van der Waals surface area contributed by atoms with Gasteiger partial charge in [0, 0.05) is 18.5 Å². The molecule has 0 radical (unpaired) electrons. The molecule has 1 aromatic heterocycles. The quantitative estimate of drug-likeness (QED) is 0.378. The van der Waals surface area contributed by atoms with Crippen LogP contribution in [0.1, 0.15) is 33.7 Å². The van der Waals surface area contributed by atoms with E-state index in [0.29, 0.717) is 18.7 Å². The van der Waals surface area contributed by atoms with Crippen LogP contribution in [0.25, 0.3) is 11.0 Å². The van der Waals surface area contributed by atoms with Crippen molar-refractivity contribution in [3.63, 3.8) is 0 Å². The van der Waals surface area contributed by atoms with Gasteiger partial charge < -0.3 is 14.6 Å². The minimum atomic E-state index is -0.0408. The van der Waals surface area contributed by atoms with Gasteiger partial charge in [0.1, 0.15) is 18.2 Å². The molecule has 4 aromatic rings. The standard InChI is InChI=1S/C27H29N3O2/c1-20-14-15-25(21(2)19-20)32-18-17-30-24-12-7-6-11-23(24)29-26(30)13-8-16-28-27(31)22-9-4-3-5-10-22/h3-7,9-12,14-15,19H,8,13,16-18H2,1-2H3,(H,28,31). The molecule has 0 bridgehead atoms. The molecule has 1 amide bonds. The highest BCUT2D eigenvalue weighted by atomic mass is 16.5. The van der Waals surface area contributed by atoms with Crippen molar-refractivity contribution in [2.75, 3.05) is 13.2 Å². The highest BCUT2D eigenvalue weighted by molar-refractivity contribution is 5.94. The maximum absolute atomic E-state index is 12.2. The van der Waals surface area contributed by atoms with Crippen molar-refractivity contribution >= 4 is 16.9 Å². The van der Waals surface area contributed by atoms with Gasteiger partial charge in [-0.25, -0.2) is 4.98 Å². The molecular formula is C27H29N3O2. The molecule has 164 valence electrons. The zero-order chi connectivity index (χ0) is 22.3. The van der Waals surface area contributed by atoms with Crippen LogP contribution in [0.2, 0.25) is 0 Å². The van der Waals surface area contributed by atoms with Crippen LogP contribution >= 0.6 is 0 Å². The van der Waals surface area contributed by atoms with Gasteiger partial charge in [-0.05, 0) is 56.2 Å². The molecule has 0 aliphatic carbocycles. The lowest BCUT2D eigenvalue weighted by Crippen LogP contribution is -2.25. The van der Waals surface area contributed by atoms with Gasteiger partial charge in [0.2, 0.25) is 0 Å². The number of imidazole rings is 1. The second kappa shape index (κ2) is 10.1. The first-order chi connectivity index (χ1) is 15.6. The van der Waals surface area contributed by atoms with Crippen molar-refractivity contribution < 1.29 is 9.53 Å². The molecule has 4 rings (SSSR count). The summed E-state index contributed by atoms with van der Waals surface area (Å²) >= 11 is 0. The number of para-hydroxylation sites is 2. The van der Waals surface area contributed by atoms with Crippen molar-refractivity contribution in [2.45, 2.75) is 33.2 Å². The first kappa shape index (κ1) is 21.6. The van der Waals surface area contributed by atoms with Crippen LogP contribution in [0.4, 0.5) is 0 Å². The fraction of sp³-hybridized carbons (Fsp3) is 0.259. The molecule has 32 heavy (non-hydrogen) atoms. The van der Waals surface area contributed by atoms with Gasteiger partial charge in [-0.2, -0.15) is 0 Å². The molecule has 1 heterocycles. The summed E-state index contributed by atoms with van der Waals surface area (Å²) < 4.78 is 8.30. The summed E-state index contributed by atoms with van der Waals surface area (Å²) in [7, 11) is 0. The minimum absolute atomic E-state index is 0.0408. The number of nitrogens with one attached hydrogen (secondary N) is 1. The van der Waals surface area contributed by atoms with Gasteiger partial charge in [0.15, 0.2) is 0 Å². The van der Waals surface area contributed by atoms with Crippen molar-refractivity contribution in [1.29, 1.82) is 0 Å². The summed E-state index contributed by atoms with van der Waals surface area (Å²) in [4.78, 5) is 17.1. The van der Waals surface area contributed by atoms with E-state index < -0.39 is 0 Å². The highest BCUT2D eigenvalue weighted by Crippen LogP contribution is 2.20. The number of hydrogen-bond acceptors (Lipinski definition) is 3. The van der Waals surface area contributed by atoms with E-state index in [9.17, 15) is 4.79 Å². The number of ether oxygens (including phenoxy) is 1. The molecule has 0 fully saturated rings. The Morgan fingerprint density at radius 3 is 2.59 bits per heavy atom. The first-order valence-electron chi connectivity index (χ1n) is 11.1. The van der Waals surface area contributed by atoms with Crippen molar-refractivity contribution in [1.82, 2.24) is 14.9 Å². The number of amides is 1. The number of nitrogens with zero attached hydrogens (tertiary/aromatic N) is 2. The van der Waals surface area contributed by atoms with E-state index in [0.717, 1.165) is 47.6 Å². The minimum Gasteiger partial charge on any atom is -0.491 e. The van der Waals surface area contributed by atoms with Crippen LogP contribution in [-0.4, -0.2) is 28.6 Å². The molecule has 0 aliphatic heterocycles. The summed E-state index contributed by atoms with van der Waals surface area (Å²) in [5.41, 5.74) is 5.16. The number of aromatic nitrogens is 2. The molecule has 5 nitrogen and oxygen atoms in total. The zero-order valence-corrected chi connectivity index (χ0v) is 18.7. The summed E-state index contributed by atoms with van der Waals surface area (Å²) in [6, 6.07) is 23.7. The molecule has 3 aromatic carbocycles. The monoisotopic (exact) mass is 427 g/mol. The topological polar surface area (TPSA) is 56.1 Å². The molecule has 5 heteroatoms. The van der Waals surface area contributed by atoms with E-state index in [-0.39, 0.29) is 5.91 Å². The maximum atomic E-state index is 12.2. The second-order valence-corrected chi connectivity index (χ2v) is 8.01. The van der Waals surface area contributed by atoms with Crippen LogP contribution in [0.3, 0.4) is 0 Å². The Labute approximate surface area is 189 Å². The third-order valence-corrected chi connectivity index (χ3v) is 5.54. The molecule has 0 atom stereocenters. The number of benzene rings is 3. The molecule has 0 spiro atoms. The number of rotatable bonds is 9. The molecule has 0 aliphatic rings. The Balaban J connectivity index is 1.38. The van der Waals surface area contributed by atoms with E-state index in [4.69, 9.17) is 9.72 Å². The van der Waals surface area contributed by atoms with Crippen molar-refractivity contribution in [3.05, 3.63) is 95.3 Å². The Hall–Kier alpha value is -3.60. The Morgan fingerprint density at radius 2 is 1.78 bits per heavy atom. The lowest BCUT2D eigenvalue weighted by molar-refractivity contribution is 0.0953. The van der Waals surface area contributed by atoms with Crippen LogP contribution in [0.15, 0.2) is 72.8 Å². The zero-order valence-electron chi connectivity index (χ0n) is 18.7. The van der Waals surface area contributed by atoms with E-state index >= 15 is 0 Å². The average molecular weight is 428 g/mol. The van der Waals surface area contributed by atoms with E-state index in [2.05, 4.69) is 41.9 Å². The smallest absolute Gasteiger partial charge is 0.251 e. The number of aryl methyl sites for hydroxylation is 3. The maximum Gasteiger partial charge on any atom is 0.251 e. The van der Waals surface area contributed by atoms with Crippen LogP contribution in [0, 0.1) is 13.8 Å². The number of fused-ring (bicyclic) bond motifs is 1. The SMILES string of the molecule is Cc1ccc(OCCn2c(CCCNC(=O)c3ccccc3)nc3ccccc32)c(C)c1. The lowest BCUT2D eigenvalue weighted by Gasteiger charge is -2.13. The molecule has 0 saturated heterocycles. The Bertz CT molecular complexity index is 1200. The van der Waals surface area contributed by atoms with Crippen LogP contribution in [-0.2, 0) is 13.0 Å².